The van der Waals surface area contributed by atoms with Gasteiger partial charge in [0.05, 0.1) is 23.5 Å². The van der Waals surface area contributed by atoms with E-state index in [1.807, 2.05) is 39.0 Å². The molecule has 44 heavy (non-hydrogen) atoms. The molecule has 0 aliphatic rings. The Balaban J connectivity index is 0.000000201. The lowest BCUT2D eigenvalue weighted by molar-refractivity contribution is 0.168. The minimum Gasteiger partial charge on any atom is -0.450 e. The fourth-order valence-electron chi connectivity index (χ4n) is 4.43. The molecule has 2 aromatic heterocycles. The third-order valence-corrected chi connectivity index (χ3v) is 6.54. The molecule has 0 aliphatic carbocycles. The quantitative estimate of drug-likeness (QED) is 0.182. The Morgan fingerprint density at radius 1 is 0.955 bits per heavy atom. The normalized spacial score (nSPS) is 10.7. The first-order chi connectivity index (χ1) is 21.0. The molecule has 0 saturated carbocycles. The van der Waals surface area contributed by atoms with Gasteiger partial charge in [0.15, 0.2) is 0 Å². The average molecular weight is 601 g/mol. The molecule has 0 atom stereocenters. The third kappa shape index (κ3) is 7.94. The number of amides is 1. The SMILES string of the molecule is CCOC(=O)Nc1ccc(NCc2ccc(F)cc2)nc1N.Cc1ccc2c(-c3ccc(F)cc3)nc(=O)n(C(C)C)c2c1. The number of rotatable bonds is 7. The lowest BCUT2D eigenvalue weighted by Gasteiger charge is -2.16. The molecule has 0 aliphatic heterocycles. The van der Waals surface area contributed by atoms with Crippen molar-refractivity contribution >= 4 is 34.3 Å². The van der Waals surface area contributed by atoms with E-state index in [4.69, 9.17) is 10.5 Å². The minimum absolute atomic E-state index is 0.0200. The van der Waals surface area contributed by atoms with Crippen LogP contribution in [0.2, 0.25) is 0 Å². The van der Waals surface area contributed by atoms with E-state index >= 15 is 0 Å². The molecule has 0 saturated heterocycles. The number of ether oxygens (including phenoxy) is 1. The van der Waals surface area contributed by atoms with Crippen molar-refractivity contribution in [3.63, 3.8) is 0 Å². The van der Waals surface area contributed by atoms with Crippen LogP contribution in [-0.2, 0) is 11.3 Å². The predicted octanol–water partition coefficient (Wildman–Crippen LogP) is 7.08. The van der Waals surface area contributed by atoms with Crippen LogP contribution in [-0.4, -0.2) is 27.2 Å². The second-order valence-corrected chi connectivity index (χ2v) is 10.2. The number of pyridine rings is 1. The van der Waals surface area contributed by atoms with Gasteiger partial charge >= 0.3 is 11.8 Å². The number of nitrogens with two attached hydrogens (primary N) is 1. The highest BCUT2D eigenvalue weighted by molar-refractivity contribution is 5.93. The van der Waals surface area contributed by atoms with Crippen LogP contribution in [0.1, 0.15) is 37.9 Å². The van der Waals surface area contributed by atoms with E-state index in [9.17, 15) is 18.4 Å². The maximum atomic E-state index is 13.1. The number of aromatic nitrogens is 3. The van der Waals surface area contributed by atoms with E-state index < -0.39 is 6.09 Å². The van der Waals surface area contributed by atoms with E-state index in [-0.39, 0.29) is 35.8 Å². The standard InChI is InChI=1S/C18H17FN2O.C15H17FN4O2/c1-11(2)21-16-10-12(3)4-9-15(16)17(20-18(21)22)13-5-7-14(19)8-6-13;1-2-22-15(21)19-12-7-8-13(20-14(12)17)18-9-10-3-5-11(16)6-4-10/h4-11H,1-3H3;3-8H,2,9H2,1H3,(H,19,21)(H3,17,18,20). The van der Waals surface area contributed by atoms with Crippen molar-refractivity contribution < 1.29 is 18.3 Å². The summed E-state index contributed by atoms with van der Waals surface area (Å²) in [5.74, 6) is 0.147. The second-order valence-electron chi connectivity index (χ2n) is 10.2. The molecule has 0 bridgehead atoms. The molecular formula is C33H34F2N6O3. The lowest BCUT2D eigenvalue weighted by atomic mass is 10.0. The van der Waals surface area contributed by atoms with Crippen LogP contribution >= 0.6 is 0 Å². The number of hydrogen-bond acceptors (Lipinski definition) is 7. The van der Waals surface area contributed by atoms with Crippen molar-refractivity contribution in [2.24, 2.45) is 0 Å². The monoisotopic (exact) mass is 600 g/mol. The van der Waals surface area contributed by atoms with Crippen molar-refractivity contribution in [3.8, 4) is 11.3 Å². The molecule has 0 unspecified atom stereocenters. The number of nitrogens with one attached hydrogen (secondary N) is 2. The van der Waals surface area contributed by atoms with Gasteiger partial charge in [0.1, 0.15) is 23.3 Å². The molecule has 11 heteroatoms. The number of halogens is 2. The van der Waals surface area contributed by atoms with Gasteiger partial charge in [-0.2, -0.15) is 4.98 Å². The fraction of sp³-hybridized carbons (Fsp3) is 0.212. The van der Waals surface area contributed by atoms with Crippen molar-refractivity contribution in [3.05, 3.63) is 112 Å². The summed E-state index contributed by atoms with van der Waals surface area (Å²) in [4.78, 5) is 32.1. The van der Waals surface area contributed by atoms with Gasteiger partial charge in [-0.05, 0) is 93.4 Å². The maximum Gasteiger partial charge on any atom is 0.411 e. The van der Waals surface area contributed by atoms with E-state index in [1.165, 1.54) is 24.3 Å². The van der Waals surface area contributed by atoms with Gasteiger partial charge in [0.25, 0.3) is 0 Å². The van der Waals surface area contributed by atoms with Crippen LogP contribution in [0.25, 0.3) is 22.2 Å². The summed E-state index contributed by atoms with van der Waals surface area (Å²) in [5, 5.41) is 6.46. The van der Waals surface area contributed by atoms with Gasteiger partial charge < -0.3 is 15.8 Å². The highest BCUT2D eigenvalue weighted by Crippen LogP contribution is 2.27. The summed E-state index contributed by atoms with van der Waals surface area (Å²) in [6, 6.07) is 21.5. The number of nitrogens with zero attached hydrogens (tertiary/aromatic N) is 3. The summed E-state index contributed by atoms with van der Waals surface area (Å²) < 4.78 is 32.4. The van der Waals surface area contributed by atoms with Crippen LogP contribution in [0.4, 0.5) is 30.9 Å². The Morgan fingerprint density at radius 3 is 2.23 bits per heavy atom. The number of aryl methyl sites for hydroxylation is 1. The van der Waals surface area contributed by atoms with Crippen LogP contribution in [0.5, 0.6) is 0 Å². The lowest BCUT2D eigenvalue weighted by Crippen LogP contribution is -2.25. The largest absolute Gasteiger partial charge is 0.450 e. The number of nitrogen functional groups attached to an aromatic ring is 1. The zero-order valence-electron chi connectivity index (χ0n) is 24.9. The van der Waals surface area contributed by atoms with E-state index in [0.29, 0.717) is 23.7 Å². The van der Waals surface area contributed by atoms with Gasteiger partial charge in [-0.3, -0.25) is 9.88 Å². The fourth-order valence-corrected chi connectivity index (χ4v) is 4.43. The van der Waals surface area contributed by atoms with Crippen LogP contribution in [0.3, 0.4) is 0 Å². The number of fused-ring (bicyclic) bond motifs is 1. The Labute approximate surface area is 253 Å². The molecule has 5 aromatic rings. The van der Waals surface area contributed by atoms with Crippen molar-refractivity contribution in [1.29, 1.82) is 0 Å². The van der Waals surface area contributed by atoms with Crippen LogP contribution in [0, 0.1) is 18.6 Å². The van der Waals surface area contributed by atoms with Gasteiger partial charge in [0.2, 0.25) is 0 Å². The number of hydrogen-bond donors (Lipinski definition) is 3. The van der Waals surface area contributed by atoms with Crippen LogP contribution < -0.4 is 22.1 Å². The van der Waals surface area contributed by atoms with Crippen molar-refractivity contribution in [2.75, 3.05) is 23.0 Å². The summed E-state index contributed by atoms with van der Waals surface area (Å²) in [5.41, 5.74) is 10.1. The summed E-state index contributed by atoms with van der Waals surface area (Å²) >= 11 is 0. The number of anilines is 3. The molecule has 1 amide bonds. The Kier molecular flexibility index (Phi) is 10.2. The Bertz CT molecular complexity index is 1810. The van der Waals surface area contributed by atoms with Gasteiger partial charge in [-0.25, -0.2) is 23.4 Å². The number of carbonyl (C=O) groups is 1. The average Bonchev–Trinajstić information content (AvgIpc) is 2.98. The summed E-state index contributed by atoms with van der Waals surface area (Å²) in [7, 11) is 0. The zero-order valence-corrected chi connectivity index (χ0v) is 24.9. The van der Waals surface area contributed by atoms with Crippen LogP contribution in [0.15, 0.2) is 83.7 Å². The maximum absolute atomic E-state index is 13.1. The van der Waals surface area contributed by atoms with E-state index in [0.717, 1.165) is 27.6 Å². The molecule has 0 spiro atoms. The molecule has 9 nitrogen and oxygen atoms in total. The molecule has 4 N–H and O–H groups in total. The van der Waals surface area contributed by atoms with Crippen molar-refractivity contribution in [1.82, 2.24) is 14.5 Å². The number of benzene rings is 3. The molecular weight excluding hydrogens is 566 g/mol. The van der Waals surface area contributed by atoms with E-state index in [2.05, 4.69) is 20.6 Å². The first-order valence-corrected chi connectivity index (χ1v) is 14.0. The van der Waals surface area contributed by atoms with Gasteiger partial charge in [0, 0.05) is 23.5 Å². The summed E-state index contributed by atoms with van der Waals surface area (Å²) in [6.45, 7) is 8.38. The first-order valence-electron chi connectivity index (χ1n) is 14.0. The second kappa shape index (κ2) is 14.2. The molecule has 0 fully saturated rings. The summed E-state index contributed by atoms with van der Waals surface area (Å²) in [6.07, 6.45) is -0.581. The molecule has 3 aromatic carbocycles. The van der Waals surface area contributed by atoms with Crippen molar-refractivity contribution in [2.45, 2.75) is 40.3 Å². The van der Waals surface area contributed by atoms with E-state index in [1.54, 1.807) is 47.9 Å². The number of carbonyl (C=O) groups excluding carboxylic acids is 1. The Morgan fingerprint density at radius 2 is 1.61 bits per heavy atom. The molecule has 2 heterocycles. The molecule has 5 rings (SSSR count). The minimum atomic E-state index is -0.581. The van der Waals surface area contributed by atoms with Gasteiger partial charge in [-0.15, -0.1) is 0 Å². The Hall–Kier alpha value is -5.32. The highest BCUT2D eigenvalue weighted by atomic mass is 19.1. The first kappa shape index (κ1) is 31.6. The van der Waals surface area contributed by atoms with Gasteiger partial charge in [-0.1, -0.05) is 24.3 Å². The molecule has 228 valence electrons. The molecule has 0 radical (unpaired) electrons. The third-order valence-electron chi connectivity index (χ3n) is 6.54. The zero-order chi connectivity index (χ0) is 31.8. The topological polar surface area (TPSA) is 124 Å². The predicted molar refractivity (Wildman–Crippen MR) is 170 cm³/mol. The highest BCUT2D eigenvalue weighted by Gasteiger charge is 2.14. The smallest absolute Gasteiger partial charge is 0.411 e.